The van der Waals surface area contributed by atoms with Gasteiger partial charge >= 0.3 is 0 Å². The highest BCUT2D eigenvalue weighted by Gasteiger charge is 2.15. The number of aliphatic hydroxyl groups excluding tert-OH is 1. The zero-order valence-corrected chi connectivity index (χ0v) is 11.5. The minimum atomic E-state index is -0.421. The van der Waals surface area contributed by atoms with Gasteiger partial charge in [0, 0.05) is 30.1 Å². The Morgan fingerprint density at radius 3 is 2.42 bits per heavy atom. The average molecular weight is 267 g/mol. The van der Waals surface area contributed by atoms with Gasteiger partial charge in [0.15, 0.2) is 0 Å². The number of anilines is 2. The van der Waals surface area contributed by atoms with Crippen LogP contribution in [0, 0.1) is 16.0 Å². The Morgan fingerprint density at radius 2 is 1.95 bits per heavy atom. The number of nitro groups is 1. The molecule has 1 aromatic rings. The summed E-state index contributed by atoms with van der Waals surface area (Å²) >= 11 is 0. The molecule has 0 unspecified atom stereocenters. The maximum atomic E-state index is 10.9. The monoisotopic (exact) mass is 267 g/mol. The molecule has 3 N–H and O–H groups in total. The van der Waals surface area contributed by atoms with Crippen molar-refractivity contribution in [2.75, 3.05) is 23.8 Å². The molecule has 0 spiro atoms. The van der Waals surface area contributed by atoms with Crippen molar-refractivity contribution < 1.29 is 10.0 Å². The van der Waals surface area contributed by atoms with Gasteiger partial charge in [-0.25, -0.2) is 0 Å². The lowest BCUT2D eigenvalue weighted by Gasteiger charge is -2.21. The quantitative estimate of drug-likeness (QED) is 0.521. The fourth-order valence-corrected chi connectivity index (χ4v) is 1.74. The molecule has 1 aromatic carbocycles. The van der Waals surface area contributed by atoms with Crippen LogP contribution in [0.3, 0.4) is 0 Å². The first kappa shape index (κ1) is 15.2. The molecule has 0 aliphatic carbocycles. The van der Waals surface area contributed by atoms with E-state index in [0.29, 0.717) is 17.9 Å². The van der Waals surface area contributed by atoms with E-state index in [1.165, 1.54) is 12.1 Å². The molecule has 1 atom stereocenters. The highest BCUT2D eigenvalue weighted by atomic mass is 16.6. The third kappa shape index (κ3) is 4.40. The van der Waals surface area contributed by atoms with E-state index in [4.69, 9.17) is 0 Å². The Balaban J connectivity index is 3.01. The first-order valence-corrected chi connectivity index (χ1v) is 6.38. The number of hydrogen-bond donors (Lipinski definition) is 3. The minimum Gasteiger partial charge on any atom is -0.394 e. The fourth-order valence-electron chi connectivity index (χ4n) is 1.74. The van der Waals surface area contributed by atoms with Gasteiger partial charge in [-0.05, 0) is 18.9 Å². The number of benzene rings is 1. The second kappa shape index (κ2) is 6.94. The summed E-state index contributed by atoms with van der Waals surface area (Å²) in [5.74, 6) is 0.229. The van der Waals surface area contributed by atoms with Crippen molar-refractivity contribution in [2.24, 2.45) is 5.92 Å². The van der Waals surface area contributed by atoms with Crippen molar-refractivity contribution in [3.05, 3.63) is 28.3 Å². The summed E-state index contributed by atoms with van der Waals surface area (Å²) in [4.78, 5) is 10.5. The molecule has 106 valence electrons. The van der Waals surface area contributed by atoms with Crippen LogP contribution in [0.4, 0.5) is 17.1 Å². The Kier molecular flexibility index (Phi) is 5.57. The lowest BCUT2D eigenvalue weighted by molar-refractivity contribution is -0.384. The summed E-state index contributed by atoms with van der Waals surface area (Å²) in [6.07, 6.45) is 0. The van der Waals surface area contributed by atoms with Gasteiger partial charge in [0.05, 0.1) is 17.6 Å². The highest BCUT2D eigenvalue weighted by Crippen LogP contribution is 2.25. The van der Waals surface area contributed by atoms with Crippen LogP contribution in [-0.4, -0.2) is 29.2 Å². The Hall–Kier alpha value is -1.82. The summed E-state index contributed by atoms with van der Waals surface area (Å²) < 4.78 is 0. The average Bonchev–Trinajstić information content (AvgIpc) is 2.35. The van der Waals surface area contributed by atoms with Gasteiger partial charge in [-0.2, -0.15) is 0 Å². The lowest BCUT2D eigenvalue weighted by atomic mass is 10.0. The number of nitrogens with one attached hydrogen (secondary N) is 2. The topological polar surface area (TPSA) is 87.4 Å². The Labute approximate surface area is 113 Å². The molecule has 0 saturated carbocycles. The third-order valence-electron chi connectivity index (χ3n) is 2.86. The van der Waals surface area contributed by atoms with E-state index in [9.17, 15) is 15.2 Å². The zero-order valence-electron chi connectivity index (χ0n) is 11.5. The molecule has 0 fully saturated rings. The largest absolute Gasteiger partial charge is 0.394 e. The third-order valence-corrected chi connectivity index (χ3v) is 2.86. The molecule has 1 rings (SSSR count). The summed E-state index contributed by atoms with van der Waals surface area (Å²) in [5.41, 5.74) is 1.36. The first-order valence-electron chi connectivity index (χ1n) is 6.38. The molecular weight excluding hydrogens is 246 g/mol. The maximum absolute atomic E-state index is 10.9. The van der Waals surface area contributed by atoms with Gasteiger partial charge in [-0.15, -0.1) is 0 Å². The lowest BCUT2D eigenvalue weighted by Crippen LogP contribution is -2.29. The molecule has 0 bridgehead atoms. The second-order valence-corrected chi connectivity index (χ2v) is 4.73. The molecule has 0 aromatic heterocycles. The van der Waals surface area contributed by atoms with Gasteiger partial charge in [-0.3, -0.25) is 10.1 Å². The van der Waals surface area contributed by atoms with Crippen molar-refractivity contribution >= 4 is 17.1 Å². The molecule has 0 saturated heterocycles. The molecule has 0 amide bonds. The number of aliphatic hydroxyl groups is 1. The van der Waals surface area contributed by atoms with Gasteiger partial charge in [0.25, 0.3) is 5.69 Å². The van der Waals surface area contributed by atoms with Gasteiger partial charge in [-0.1, -0.05) is 13.8 Å². The van der Waals surface area contributed by atoms with Crippen molar-refractivity contribution in [2.45, 2.75) is 26.8 Å². The predicted octanol–water partition coefficient (Wildman–Crippen LogP) is 2.46. The van der Waals surface area contributed by atoms with Crippen molar-refractivity contribution in [1.82, 2.24) is 0 Å². The highest BCUT2D eigenvalue weighted by molar-refractivity contribution is 5.63. The van der Waals surface area contributed by atoms with E-state index in [1.54, 1.807) is 0 Å². The second-order valence-electron chi connectivity index (χ2n) is 4.73. The minimum absolute atomic E-state index is 0.0170. The van der Waals surface area contributed by atoms with Crippen LogP contribution in [0.15, 0.2) is 18.2 Å². The van der Waals surface area contributed by atoms with E-state index in [2.05, 4.69) is 10.6 Å². The smallest absolute Gasteiger partial charge is 0.273 e. The van der Waals surface area contributed by atoms with E-state index in [0.717, 1.165) is 0 Å². The van der Waals surface area contributed by atoms with Crippen LogP contribution in [0.5, 0.6) is 0 Å². The summed E-state index contributed by atoms with van der Waals surface area (Å²) in [6.45, 7) is 6.56. The van der Waals surface area contributed by atoms with E-state index < -0.39 is 4.92 Å². The van der Waals surface area contributed by atoms with E-state index >= 15 is 0 Å². The van der Waals surface area contributed by atoms with Gasteiger partial charge in [0.2, 0.25) is 0 Å². The standard InChI is InChI=1S/C13H21N3O3/c1-4-14-10-5-11(7-12(6-10)16(18)19)15-13(8-17)9(2)3/h5-7,9,13-15,17H,4,8H2,1-3H3/t13-/m1/s1. The number of rotatable bonds is 7. The molecule has 0 heterocycles. The van der Waals surface area contributed by atoms with Crippen molar-refractivity contribution in [3.63, 3.8) is 0 Å². The van der Waals surface area contributed by atoms with Crippen LogP contribution >= 0.6 is 0 Å². The number of hydrogen-bond acceptors (Lipinski definition) is 5. The Morgan fingerprint density at radius 1 is 1.32 bits per heavy atom. The molecule has 0 aliphatic rings. The fraction of sp³-hybridized carbons (Fsp3) is 0.538. The molecule has 0 aliphatic heterocycles. The first-order chi connectivity index (χ1) is 8.97. The molecule has 19 heavy (non-hydrogen) atoms. The summed E-state index contributed by atoms with van der Waals surface area (Å²) in [6, 6.07) is 4.65. The van der Waals surface area contributed by atoms with Crippen LogP contribution in [0.1, 0.15) is 20.8 Å². The van der Waals surface area contributed by atoms with Crippen molar-refractivity contribution in [3.8, 4) is 0 Å². The molecule has 6 nitrogen and oxygen atoms in total. The van der Waals surface area contributed by atoms with E-state index in [-0.39, 0.29) is 24.3 Å². The summed E-state index contributed by atoms with van der Waals surface area (Å²) in [5, 5.41) is 26.4. The Bertz CT molecular complexity index is 435. The predicted molar refractivity (Wildman–Crippen MR) is 76.6 cm³/mol. The van der Waals surface area contributed by atoms with Gasteiger partial charge in [0.1, 0.15) is 0 Å². The molecular formula is C13H21N3O3. The van der Waals surface area contributed by atoms with Crippen molar-refractivity contribution in [1.29, 1.82) is 0 Å². The molecule has 0 radical (unpaired) electrons. The molecule has 6 heteroatoms. The SMILES string of the molecule is CCNc1cc(N[C@H](CO)C(C)C)cc([N+](=O)[O-])c1. The normalized spacial score (nSPS) is 12.3. The zero-order chi connectivity index (χ0) is 14.4. The number of non-ortho nitro benzene ring substituents is 1. The van der Waals surface area contributed by atoms with Crippen LogP contribution < -0.4 is 10.6 Å². The van der Waals surface area contributed by atoms with Gasteiger partial charge < -0.3 is 15.7 Å². The van der Waals surface area contributed by atoms with Crippen LogP contribution in [-0.2, 0) is 0 Å². The number of nitro benzene ring substituents is 1. The summed E-state index contributed by atoms with van der Waals surface area (Å²) in [7, 11) is 0. The van der Waals surface area contributed by atoms with Crippen LogP contribution in [0.2, 0.25) is 0 Å². The van der Waals surface area contributed by atoms with E-state index in [1.807, 2.05) is 26.8 Å². The number of nitrogens with zero attached hydrogens (tertiary/aromatic N) is 1. The maximum Gasteiger partial charge on any atom is 0.273 e. The van der Waals surface area contributed by atoms with Crippen LogP contribution in [0.25, 0.3) is 0 Å².